The number of halogens is 1. The van der Waals surface area contributed by atoms with E-state index >= 15 is 0 Å². The normalized spacial score (nSPS) is 18.9. The molecule has 2 aliphatic heterocycles. The number of hydrogen-bond acceptors (Lipinski definition) is 3. The van der Waals surface area contributed by atoms with Crippen molar-refractivity contribution in [3.05, 3.63) is 47.5 Å². The van der Waals surface area contributed by atoms with E-state index in [0.29, 0.717) is 18.0 Å². The summed E-state index contributed by atoms with van der Waals surface area (Å²) in [5.41, 5.74) is 7.15. The lowest BCUT2D eigenvalue weighted by molar-refractivity contribution is -0.123. The van der Waals surface area contributed by atoms with Gasteiger partial charge in [-0.1, -0.05) is 35.5 Å². The molecule has 0 bridgehead atoms. The highest BCUT2D eigenvalue weighted by Crippen LogP contribution is 2.49. The summed E-state index contributed by atoms with van der Waals surface area (Å²) in [5.74, 6) is -0.450. The molecule has 2 heterocycles. The molecule has 5 nitrogen and oxygen atoms in total. The van der Waals surface area contributed by atoms with Gasteiger partial charge in [0.15, 0.2) is 0 Å². The van der Waals surface area contributed by atoms with Crippen LogP contribution in [0.25, 0.3) is 0 Å². The fourth-order valence-electron chi connectivity index (χ4n) is 3.52. The second-order valence-corrected chi connectivity index (χ2v) is 7.93. The van der Waals surface area contributed by atoms with Crippen LogP contribution in [0, 0.1) is 0 Å². The van der Waals surface area contributed by atoms with Crippen LogP contribution in [0.5, 0.6) is 0 Å². The molecule has 1 saturated heterocycles. The predicted octanol–water partition coefficient (Wildman–Crippen LogP) is 4.40. The van der Waals surface area contributed by atoms with Crippen LogP contribution in [-0.4, -0.2) is 29.4 Å². The van der Waals surface area contributed by atoms with Gasteiger partial charge >= 0.3 is 6.03 Å². The lowest BCUT2D eigenvalue weighted by atomic mass is 10.0. The maximum atomic E-state index is 13.5. The molecule has 2 aromatic carbocycles. The predicted molar refractivity (Wildman–Crippen MR) is 103 cm³/mol. The van der Waals surface area contributed by atoms with Crippen molar-refractivity contribution < 1.29 is 9.59 Å². The molecule has 0 aliphatic carbocycles. The third-order valence-corrected chi connectivity index (χ3v) is 6.10. The highest BCUT2D eigenvalue weighted by Gasteiger charge is 2.37. The van der Waals surface area contributed by atoms with Crippen molar-refractivity contribution in [2.45, 2.75) is 35.1 Å². The topological polar surface area (TPSA) is 66.6 Å². The summed E-state index contributed by atoms with van der Waals surface area (Å²) in [7, 11) is 0. The number of piperidine rings is 1. The van der Waals surface area contributed by atoms with Crippen molar-refractivity contribution in [3.63, 3.8) is 0 Å². The lowest BCUT2D eigenvalue weighted by Gasteiger charge is -2.39. The van der Waals surface area contributed by atoms with Gasteiger partial charge in [0, 0.05) is 21.4 Å². The van der Waals surface area contributed by atoms with Crippen molar-refractivity contribution in [1.82, 2.24) is 4.90 Å². The molecule has 3 amide bonds. The molecule has 2 aliphatic rings. The first-order valence-corrected chi connectivity index (χ1v) is 9.72. The van der Waals surface area contributed by atoms with Crippen LogP contribution in [0.4, 0.5) is 16.2 Å². The summed E-state index contributed by atoms with van der Waals surface area (Å²) in [6, 6.07) is 12.4. The fraction of sp³-hybridized carbons (Fsp3) is 0.263. The van der Waals surface area contributed by atoms with Crippen LogP contribution < -0.4 is 10.6 Å². The van der Waals surface area contributed by atoms with E-state index in [9.17, 15) is 9.59 Å². The van der Waals surface area contributed by atoms with Gasteiger partial charge < -0.3 is 10.6 Å². The number of carbonyl (C=O) groups is 2. The van der Waals surface area contributed by atoms with Crippen LogP contribution in [-0.2, 0) is 4.79 Å². The number of likely N-dealkylation sites (tertiary alicyclic amines) is 1. The van der Waals surface area contributed by atoms with Crippen LogP contribution in [0.3, 0.4) is 0 Å². The molecule has 0 spiro atoms. The molecule has 1 fully saturated rings. The monoisotopic (exact) mass is 387 g/mol. The van der Waals surface area contributed by atoms with E-state index in [1.54, 1.807) is 27.6 Å². The van der Waals surface area contributed by atoms with Gasteiger partial charge in [0.05, 0.1) is 11.4 Å². The summed E-state index contributed by atoms with van der Waals surface area (Å²) in [6.45, 7) is 0.529. The first-order valence-electron chi connectivity index (χ1n) is 8.53. The van der Waals surface area contributed by atoms with Gasteiger partial charge in [0.2, 0.25) is 5.91 Å². The molecule has 7 heteroatoms. The molecule has 2 N–H and O–H groups in total. The van der Waals surface area contributed by atoms with E-state index in [0.717, 1.165) is 34.0 Å². The summed E-state index contributed by atoms with van der Waals surface area (Å²) in [4.78, 5) is 30.5. The molecule has 134 valence electrons. The van der Waals surface area contributed by atoms with Crippen LogP contribution >= 0.6 is 23.4 Å². The molecule has 26 heavy (non-hydrogen) atoms. The van der Waals surface area contributed by atoms with E-state index < -0.39 is 11.9 Å². The fourth-order valence-corrected chi connectivity index (χ4v) is 4.86. The third-order valence-electron chi connectivity index (χ3n) is 4.76. The van der Waals surface area contributed by atoms with Gasteiger partial charge in [-0.15, -0.1) is 0 Å². The maximum Gasteiger partial charge on any atom is 0.329 e. The average Bonchev–Trinajstić information content (AvgIpc) is 2.65. The number of primary amides is 1. The van der Waals surface area contributed by atoms with Crippen molar-refractivity contribution in [1.29, 1.82) is 0 Å². The lowest BCUT2D eigenvalue weighted by Crippen LogP contribution is -2.54. The van der Waals surface area contributed by atoms with Crippen molar-refractivity contribution in [2.24, 2.45) is 5.73 Å². The number of fused-ring (bicyclic) bond motifs is 2. The number of urea groups is 1. The van der Waals surface area contributed by atoms with Gasteiger partial charge in [-0.25, -0.2) is 4.79 Å². The molecular formula is C19H18ClN3O2S. The Morgan fingerprint density at radius 1 is 1.08 bits per heavy atom. The van der Waals surface area contributed by atoms with Crippen molar-refractivity contribution in [2.75, 3.05) is 11.4 Å². The number of anilines is 2. The van der Waals surface area contributed by atoms with Gasteiger partial charge in [0.25, 0.3) is 0 Å². The highest BCUT2D eigenvalue weighted by molar-refractivity contribution is 7.99. The Morgan fingerprint density at radius 2 is 1.85 bits per heavy atom. The van der Waals surface area contributed by atoms with Crippen molar-refractivity contribution in [3.8, 4) is 0 Å². The Balaban J connectivity index is 1.80. The number of para-hydroxylation sites is 1. The number of amides is 3. The Bertz CT molecular complexity index is 889. The van der Waals surface area contributed by atoms with E-state index in [1.165, 1.54) is 0 Å². The second kappa shape index (κ2) is 6.85. The third kappa shape index (κ3) is 2.93. The molecule has 0 aromatic heterocycles. The average molecular weight is 388 g/mol. The molecule has 0 saturated carbocycles. The zero-order valence-electron chi connectivity index (χ0n) is 14.0. The molecule has 2 aromatic rings. The highest BCUT2D eigenvalue weighted by atomic mass is 35.5. The summed E-state index contributed by atoms with van der Waals surface area (Å²) in [5, 5.41) is 0.621. The van der Waals surface area contributed by atoms with E-state index in [-0.39, 0.29) is 6.03 Å². The van der Waals surface area contributed by atoms with Gasteiger partial charge in [-0.05, 0) is 49.6 Å². The molecule has 1 unspecified atom stereocenters. The van der Waals surface area contributed by atoms with Gasteiger partial charge in [0.1, 0.15) is 6.04 Å². The number of hydrogen-bond donors (Lipinski definition) is 1. The Hall–Kier alpha value is -2.18. The van der Waals surface area contributed by atoms with E-state index in [4.69, 9.17) is 17.3 Å². The van der Waals surface area contributed by atoms with Crippen LogP contribution in [0.2, 0.25) is 5.02 Å². The van der Waals surface area contributed by atoms with Crippen molar-refractivity contribution >= 4 is 46.7 Å². The van der Waals surface area contributed by atoms with Crippen LogP contribution in [0.15, 0.2) is 52.3 Å². The van der Waals surface area contributed by atoms with Crippen LogP contribution in [0.1, 0.15) is 19.3 Å². The number of benzene rings is 2. The first-order chi connectivity index (χ1) is 12.6. The summed E-state index contributed by atoms with van der Waals surface area (Å²) < 4.78 is 0. The standard InChI is InChI=1S/C19H18ClN3O2S/c20-12-8-9-14-17(11-12)26-16-7-2-1-5-13(16)23(14)19(25)22-10-4-3-6-15(22)18(21)24/h1-2,5,7-9,11,15H,3-4,6,10H2,(H2,21,24). The molecule has 4 rings (SSSR count). The Kier molecular flexibility index (Phi) is 4.54. The summed E-state index contributed by atoms with van der Waals surface area (Å²) in [6.07, 6.45) is 2.38. The number of nitrogens with zero attached hydrogens (tertiary/aromatic N) is 2. The number of rotatable bonds is 1. The molecular weight excluding hydrogens is 370 g/mol. The first kappa shape index (κ1) is 17.2. The largest absolute Gasteiger partial charge is 0.368 e. The number of carbonyl (C=O) groups excluding carboxylic acids is 2. The smallest absolute Gasteiger partial charge is 0.329 e. The van der Waals surface area contributed by atoms with Gasteiger partial charge in [-0.2, -0.15) is 0 Å². The maximum absolute atomic E-state index is 13.5. The summed E-state index contributed by atoms with van der Waals surface area (Å²) >= 11 is 7.74. The van der Waals surface area contributed by atoms with E-state index in [1.807, 2.05) is 36.4 Å². The minimum absolute atomic E-state index is 0.218. The van der Waals surface area contributed by atoms with E-state index in [2.05, 4.69) is 0 Å². The number of nitrogens with two attached hydrogens (primary N) is 1. The second-order valence-electron chi connectivity index (χ2n) is 6.41. The minimum Gasteiger partial charge on any atom is -0.368 e. The van der Waals surface area contributed by atoms with Gasteiger partial charge in [-0.3, -0.25) is 9.69 Å². The molecule has 1 atom stereocenters. The minimum atomic E-state index is -0.561. The molecule has 0 radical (unpaired) electrons. The zero-order chi connectivity index (χ0) is 18.3. The quantitative estimate of drug-likeness (QED) is 0.788. The zero-order valence-corrected chi connectivity index (χ0v) is 15.6. The SMILES string of the molecule is NC(=O)C1CCCCN1C(=O)N1c2ccccc2Sc2cc(Cl)ccc21. The Labute approximate surface area is 161 Å². The Morgan fingerprint density at radius 3 is 2.65 bits per heavy atom.